The normalized spacial score (nSPS) is 20.4. The summed E-state index contributed by atoms with van der Waals surface area (Å²) in [4.78, 5) is 15.3. The quantitative estimate of drug-likeness (QED) is 0.376. The zero-order valence-corrected chi connectivity index (χ0v) is 19.5. The molecule has 0 radical (unpaired) electrons. The highest BCUT2D eigenvalue weighted by Crippen LogP contribution is 2.41. The van der Waals surface area contributed by atoms with Gasteiger partial charge in [0.15, 0.2) is 11.1 Å². The van der Waals surface area contributed by atoms with Crippen molar-refractivity contribution in [2.24, 2.45) is 10.7 Å². The number of piperazine rings is 1. The highest BCUT2D eigenvalue weighted by Gasteiger charge is 2.35. The number of aliphatic imine (C=N–C) groups is 1. The number of nitrogens with zero attached hydrogens (tertiary/aromatic N) is 4. The van der Waals surface area contributed by atoms with Gasteiger partial charge in [-0.25, -0.2) is 4.98 Å². The van der Waals surface area contributed by atoms with Crippen molar-refractivity contribution < 1.29 is 0 Å². The van der Waals surface area contributed by atoms with Crippen LogP contribution in [-0.4, -0.2) is 48.6 Å². The highest BCUT2D eigenvalue weighted by molar-refractivity contribution is 14.0. The van der Waals surface area contributed by atoms with Crippen molar-refractivity contribution in [3.05, 3.63) is 34.0 Å². The number of thiophene rings is 1. The molecule has 2 fully saturated rings. The molecular weight excluding hydrogens is 489 g/mol. The van der Waals surface area contributed by atoms with E-state index in [-0.39, 0.29) is 29.4 Å². The molecule has 0 unspecified atom stereocenters. The molecule has 5 nitrogen and oxygen atoms in total. The second-order valence-corrected chi connectivity index (χ2v) is 9.10. The molecule has 0 amide bonds. The van der Waals surface area contributed by atoms with Gasteiger partial charge in [-0.2, -0.15) is 0 Å². The summed E-state index contributed by atoms with van der Waals surface area (Å²) in [6, 6.07) is 4.45. The van der Waals surface area contributed by atoms with Crippen molar-refractivity contribution >= 4 is 57.7 Å². The Labute approximate surface area is 186 Å². The van der Waals surface area contributed by atoms with Crippen LogP contribution in [0.4, 0.5) is 5.13 Å². The van der Waals surface area contributed by atoms with Crippen LogP contribution in [-0.2, 0) is 5.41 Å². The van der Waals surface area contributed by atoms with Crippen LogP contribution in [0.3, 0.4) is 0 Å². The molecule has 2 aromatic rings. The lowest BCUT2D eigenvalue weighted by Crippen LogP contribution is -2.51. The number of thiazole rings is 1. The van der Waals surface area contributed by atoms with Crippen molar-refractivity contribution in [2.45, 2.75) is 37.5 Å². The van der Waals surface area contributed by atoms with E-state index in [0.29, 0.717) is 5.96 Å². The third-order valence-corrected chi connectivity index (χ3v) is 7.64. The molecule has 2 aliphatic rings. The highest BCUT2D eigenvalue weighted by atomic mass is 127. The Morgan fingerprint density at radius 3 is 2.52 bits per heavy atom. The first-order valence-electron chi connectivity index (χ1n) is 9.50. The summed E-state index contributed by atoms with van der Waals surface area (Å²) < 4.78 is 0. The van der Waals surface area contributed by atoms with Gasteiger partial charge >= 0.3 is 0 Å². The molecule has 2 aromatic heterocycles. The first-order valence-corrected chi connectivity index (χ1v) is 11.3. The van der Waals surface area contributed by atoms with Crippen molar-refractivity contribution in [1.82, 2.24) is 9.88 Å². The third kappa shape index (κ3) is 4.76. The molecule has 27 heavy (non-hydrogen) atoms. The van der Waals surface area contributed by atoms with Crippen molar-refractivity contribution in [2.75, 3.05) is 37.6 Å². The van der Waals surface area contributed by atoms with Gasteiger partial charge < -0.3 is 15.5 Å². The van der Waals surface area contributed by atoms with Gasteiger partial charge in [-0.1, -0.05) is 25.3 Å². The number of anilines is 1. The lowest BCUT2D eigenvalue weighted by Gasteiger charge is -2.37. The number of aromatic nitrogens is 1. The van der Waals surface area contributed by atoms with E-state index in [9.17, 15) is 0 Å². The summed E-state index contributed by atoms with van der Waals surface area (Å²) in [5, 5.41) is 5.33. The molecule has 3 heterocycles. The van der Waals surface area contributed by atoms with Crippen LogP contribution < -0.4 is 10.6 Å². The van der Waals surface area contributed by atoms with Crippen LogP contribution in [0, 0.1) is 0 Å². The number of halogens is 1. The first kappa shape index (κ1) is 20.9. The zero-order valence-electron chi connectivity index (χ0n) is 15.5. The number of nitrogens with two attached hydrogens (primary N) is 1. The standard InChI is InChI=1S/C19H27N5S2.HI/c20-17(23-9-11-24(12-10-23)18-21-8-14-26-18)22-15-19(6-2-1-3-7-19)16-5-4-13-25-16;/h4-5,8,13-14H,1-3,6-7,9-12,15H2,(H2,20,22);1H. The van der Waals surface area contributed by atoms with E-state index in [4.69, 9.17) is 10.7 Å². The van der Waals surface area contributed by atoms with E-state index < -0.39 is 0 Å². The predicted octanol–water partition coefficient (Wildman–Crippen LogP) is 4.16. The van der Waals surface area contributed by atoms with Crippen LogP contribution in [0.25, 0.3) is 0 Å². The van der Waals surface area contributed by atoms with Gasteiger partial charge in [0.2, 0.25) is 0 Å². The van der Waals surface area contributed by atoms with Gasteiger partial charge in [-0.15, -0.1) is 46.7 Å². The Bertz CT molecular complexity index is 703. The van der Waals surface area contributed by atoms with Gasteiger partial charge in [0.1, 0.15) is 0 Å². The smallest absolute Gasteiger partial charge is 0.191 e. The largest absolute Gasteiger partial charge is 0.370 e. The average Bonchev–Trinajstić information content (AvgIpc) is 3.41. The monoisotopic (exact) mass is 517 g/mol. The summed E-state index contributed by atoms with van der Waals surface area (Å²) in [5.41, 5.74) is 6.60. The van der Waals surface area contributed by atoms with Crippen molar-refractivity contribution in [3.63, 3.8) is 0 Å². The number of rotatable bonds is 4. The summed E-state index contributed by atoms with van der Waals surface area (Å²) in [6.45, 7) is 4.58. The second kappa shape index (κ2) is 9.56. The van der Waals surface area contributed by atoms with Crippen LogP contribution in [0.2, 0.25) is 0 Å². The van der Waals surface area contributed by atoms with E-state index in [1.807, 2.05) is 22.9 Å². The molecule has 8 heteroatoms. The molecule has 1 aliphatic carbocycles. The third-order valence-electron chi connectivity index (χ3n) is 5.69. The van der Waals surface area contributed by atoms with Gasteiger partial charge in [0, 0.05) is 48.0 Å². The number of guanidine groups is 1. The predicted molar refractivity (Wildman–Crippen MR) is 127 cm³/mol. The number of hydrogen-bond acceptors (Lipinski definition) is 5. The minimum Gasteiger partial charge on any atom is -0.370 e. The molecule has 1 aliphatic heterocycles. The molecule has 0 bridgehead atoms. The molecule has 4 rings (SSSR count). The lowest BCUT2D eigenvalue weighted by atomic mass is 9.73. The Morgan fingerprint density at radius 2 is 1.89 bits per heavy atom. The van der Waals surface area contributed by atoms with Gasteiger partial charge in [0.05, 0.1) is 6.54 Å². The maximum atomic E-state index is 6.39. The van der Waals surface area contributed by atoms with E-state index in [1.165, 1.54) is 37.0 Å². The minimum absolute atomic E-state index is 0. The Kier molecular flexibility index (Phi) is 7.38. The summed E-state index contributed by atoms with van der Waals surface area (Å²) in [6.07, 6.45) is 8.31. The lowest BCUT2D eigenvalue weighted by molar-refractivity contribution is 0.304. The summed E-state index contributed by atoms with van der Waals surface area (Å²) >= 11 is 3.58. The van der Waals surface area contributed by atoms with Gasteiger partial charge in [-0.05, 0) is 24.3 Å². The molecule has 1 saturated carbocycles. The summed E-state index contributed by atoms with van der Waals surface area (Å²) in [7, 11) is 0. The molecule has 1 saturated heterocycles. The fraction of sp³-hybridized carbons (Fsp3) is 0.579. The van der Waals surface area contributed by atoms with Gasteiger partial charge in [-0.3, -0.25) is 4.99 Å². The fourth-order valence-corrected chi connectivity index (χ4v) is 5.80. The number of hydrogen-bond donors (Lipinski definition) is 1. The maximum Gasteiger partial charge on any atom is 0.191 e. The molecule has 0 spiro atoms. The SMILES string of the molecule is I.NC(=NCC1(c2cccs2)CCCCC1)N1CCN(c2nccs2)CC1. The van der Waals surface area contributed by atoms with E-state index in [2.05, 4.69) is 32.3 Å². The molecular formula is C19H28IN5S2. The molecule has 0 atom stereocenters. The van der Waals surface area contributed by atoms with Crippen LogP contribution in [0.15, 0.2) is 34.1 Å². The van der Waals surface area contributed by atoms with Crippen LogP contribution in [0.1, 0.15) is 37.0 Å². The topological polar surface area (TPSA) is 57.8 Å². The zero-order chi connectivity index (χ0) is 17.8. The fourth-order valence-electron chi connectivity index (χ4n) is 4.12. The molecule has 148 valence electrons. The Hall–Kier alpha value is -0.870. The Morgan fingerprint density at radius 1 is 1.11 bits per heavy atom. The molecule has 0 aromatic carbocycles. The van der Waals surface area contributed by atoms with Crippen molar-refractivity contribution in [3.8, 4) is 0 Å². The summed E-state index contributed by atoms with van der Waals surface area (Å²) in [5.74, 6) is 0.713. The van der Waals surface area contributed by atoms with Crippen LogP contribution >= 0.6 is 46.7 Å². The van der Waals surface area contributed by atoms with E-state index >= 15 is 0 Å². The minimum atomic E-state index is 0. The maximum absolute atomic E-state index is 6.39. The van der Waals surface area contributed by atoms with Crippen LogP contribution in [0.5, 0.6) is 0 Å². The van der Waals surface area contributed by atoms with Gasteiger partial charge in [0.25, 0.3) is 0 Å². The average molecular weight is 518 g/mol. The Balaban J connectivity index is 0.00000210. The van der Waals surface area contributed by atoms with E-state index in [0.717, 1.165) is 37.9 Å². The van der Waals surface area contributed by atoms with Crippen molar-refractivity contribution in [1.29, 1.82) is 0 Å². The molecule has 2 N–H and O–H groups in total. The second-order valence-electron chi connectivity index (χ2n) is 7.28. The van der Waals surface area contributed by atoms with E-state index in [1.54, 1.807) is 11.3 Å². The first-order chi connectivity index (χ1) is 12.8.